The van der Waals surface area contributed by atoms with Gasteiger partial charge in [-0.05, 0) is 37.1 Å². The summed E-state index contributed by atoms with van der Waals surface area (Å²) in [6, 6.07) is 11.5. The number of H-pyrrole nitrogens is 2. The van der Waals surface area contributed by atoms with Crippen LogP contribution in [0.2, 0.25) is 0 Å². The highest BCUT2D eigenvalue weighted by molar-refractivity contribution is 5.78. The van der Waals surface area contributed by atoms with Crippen molar-refractivity contribution in [2.24, 2.45) is 0 Å². The predicted octanol–water partition coefficient (Wildman–Crippen LogP) is 3.08. The molecule has 4 N–H and O–H groups in total. The fourth-order valence-electron chi connectivity index (χ4n) is 3.08. The Morgan fingerprint density at radius 2 is 1.22 bits per heavy atom. The fraction of sp³-hybridized carbons (Fsp3) is 0.300. The van der Waals surface area contributed by atoms with E-state index >= 15 is 0 Å². The Hall–Kier alpha value is -2.90. The molecule has 4 rings (SSSR count). The number of hydrogen-bond acceptors (Lipinski definition) is 5. The van der Waals surface area contributed by atoms with Gasteiger partial charge in [-0.1, -0.05) is 0 Å². The average Bonchev–Trinajstić information content (AvgIpc) is 3.27. The minimum Gasteiger partial charge on any atom is -0.457 e. The number of fused-ring (bicyclic) bond motifs is 2. The number of imidazole rings is 2. The number of benzene rings is 2. The quantitative estimate of drug-likeness (QED) is 0.383. The molecule has 4 aromatic rings. The second-order valence-corrected chi connectivity index (χ2v) is 6.48. The molecule has 0 amide bonds. The van der Waals surface area contributed by atoms with E-state index in [9.17, 15) is 0 Å². The first kappa shape index (κ1) is 17.5. The van der Waals surface area contributed by atoms with Crippen molar-refractivity contribution in [1.82, 2.24) is 19.9 Å². The van der Waals surface area contributed by atoms with E-state index in [2.05, 4.69) is 19.9 Å². The van der Waals surface area contributed by atoms with E-state index in [1.165, 1.54) is 0 Å². The molecule has 27 heavy (non-hydrogen) atoms. The third kappa shape index (κ3) is 3.94. The first-order chi connectivity index (χ1) is 13.2. The Balaban J connectivity index is 1.53. The molecule has 0 saturated carbocycles. The van der Waals surface area contributed by atoms with Crippen LogP contribution in [0.25, 0.3) is 22.1 Å². The van der Waals surface area contributed by atoms with Crippen molar-refractivity contribution in [3.63, 3.8) is 0 Å². The maximum Gasteiger partial charge on any atom is 0.129 e. The molecule has 2 aromatic carbocycles. The summed E-state index contributed by atoms with van der Waals surface area (Å²) in [6.07, 6.45) is 2.81. The van der Waals surface area contributed by atoms with Crippen LogP contribution in [0, 0.1) is 0 Å². The summed E-state index contributed by atoms with van der Waals surface area (Å²) in [5.41, 5.74) is 3.59. The van der Waals surface area contributed by atoms with Crippen molar-refractivity contribution < 1.29 is 14.9 Å². The van der Waals surface area contributed by atoms with Gasteiger partial charge in [-0.25, -0.2) is 9.97 Å². The minimum atomic E-state index is 0.156. The first-order valence-corrected chi connectivity index (χ1v) is 9.12. The number of nitrogens with zero attached hydrogens (tertiary/aromatic N) is 2. The van der Waals surface area contributed by atoms with E-state index in [1.807, 2.05) is 36.4 Å². The summed E-state index contributed by atoms with van der Waals surface area (Å²) in [7, 11) is 0. The molecule has 7 heteroatoms. The van der Waals surface area contributed by atoms with Crippen LogP contribution in [-0.2, 0) is 12.8 Å². The summed E-state index contributed by atoms with van der Waals surface area (Å²) in [5, 5.41) is 17.9. The molecule has 0 aliphatic heterocycles. The van der Waals surface area contributed by atoms with Crippen molar-refractivity contribution in [2.75, 3.05) is 13.2 Å². The molecule has 0 spiro atoms. The molecule has 0 aliphatic carbocycles. The van der Waals surface area contributed by atoms with Gasteiger partial charge in [0.1, 0.15) is 23.1 Å². The van der Waals surface area contributed by atoms with Crippen LogP contribution in [0.5, 0.6) is 11.5 Å². The molecule has 7 nitrogen and oxygen atoms in total. The second kappa shape index (κ2) is 7.77. The Bertz CT molecular complexity index is 970. The molecule has 2 heterocycles. The number of aryl methyl sites for hydroxylation is 2. The van der Waals surface area contributed by atoms with Crippen molar-refractivity contribution in [1.29, 1.82) is 0 Å². The van der Waals surface area contributed by atoms with Crippen LogP contribution in [0.3, 0.4) is 0 Å². The summed E-state index contributed by atoms with van der Waals surface area (Å²) in [6.45, 7) is 0.312. The largest absolute Gasteiger partial charge is 0.457 e. The van der Waals surface area contributed by atoms with Crippen molar-refractivity contribution in [2.45, 2.75) is 25.7 Å². The Morgan fingerprint density at radius 1 is 0.741 bits per heavy atom. The lowest BCUT2D eigenvalue weighted by Gasteiger charge is -2.05. The lowest BCUT2D eigenvalue weighted by atomic mass is 10.3. The van der Waals surface area contributed by atoms with Gasteiger partial charge in [-0.2, -0.15) is 0 Å². The molecule has 0 fully saturated rings. The van der Waals surface area contributed by atoms with E-state index < -0.39 is 0 Å². The molecule has 0 saturated heterocycles. The minimum absolute atomic E-state index is 0.156. The molecule has 0 atom stereocenters. The van der Waals surface area contributed by atoms with Crippen LogP contribution in [-0.4, -0.2) is 43.4 Å². The van der Waals surface area contributed by atoms with Gasteiger partial charge >= 0.3 is 0 Å². The maximum atomic E-state index is 8.95. The first-order valence-electron chi connectivity index (χ1n) is 9.12. The fourth-order valence-corrected chi connectivity index (χ4v) is 3.08. The maximum absolute atomic E-state index is 8.95. The zero-order chi connectivity index (χ0) is 18.6. The van der Waals surface area contributed by atoms with Gasteiger partial charge in [0, 0.05) is 38.2 Å². The van der Waals surface area contributed by atoms with Crippen molar-refractivity contribution in [3.8, 4) is 11.5 Å². The highest BCUT2D eigenvalue weighted by Gasteiger charge is 2.07. The third-order valence-electron chi connectivity index (χ3n) is 4.38. The molecule has 0 unspecified atom stereocenters. The third-order valence-corrected chi connectivity index (χ3v) is 4.38. The highest BCUT2D eigenvalue weighted by Crippen LogP contribution is 2.27. The molecule has 0 bridgehead atoms. The van der Waals surface area contributed by atoms with Gasteiger partial charge < -0.3 is 24.9 Å². The summed E-state index contributed by atoms with van der Waals surface area (Å²) < 4.78 is 6.00. The van der Waals surface area contributed by atoms with Gasteiger partial charge in [0.15, 0.2) is 0 Å². The van der Waals surface area contributed by atoms with E-state index in [-0.39, 0.29) is 13.2 Å². The highest BCUT2D eigenvalue weighted by atomic mass is 16.5. The van der Waals surface area contributed by atoms with Crippen LogP contribution >= 0.6 is 0 Å². The number of aromatic amines is 2. The average molecular weight is 366 g/mol. The zero-order valence-electron chi connectivity index (χ0n) is 14.9. The van der Waals surface area contributed by atoms with Gasteiger partial charge in [-0.15, -0.1) is 0 Å². The van der Waals surface area contributed by atoms with Crippen molar-refractivity contribution >= 4 is 22.1 Å². The van der Waals surface area contributed by atoms with Gasteiger partial charge in [-0.3, -0.25) is 0 Å². The van der Waals surface area contributed by atoms with E-state index in [1.54, 1.807) is 0 Å². The monoisotopic (exact) mass is 366 g/mol. The number of hydrogen-bond donors (Lipinski definition) is 4. The number of ether oxygens (including phenoxy) is 1. The summed E-state index contributed by atoms with van der Waals surface area (Å²) >= 11 is 0. The van der Waals surface area contributed by atoms with Gasteiger partial charge in [0.25, 0.3) is 0 Å². The standard InChI is InChI=1S/C20H22N4O3/c25-9-1-3-19-21-15-7-5-13(11-17(15)23-19)27-14-6-8-16-18(12-14)24-20(22-16)4-2-10-26/h5-8,11-12,25-26H,1-4,9-10H2,(H,21,23)(H,22,24). The van der Waals surface area contributed by atoms with E-state index in [0.717, 1.165) is 58.1 Å². The van der Waals surface area contributed by atoms with Crippen molar-refractivity contribution in [3.05, 3.63) is 48.0 Å². The zero-order valence-corrected chi connectivity index (χ0v) is 14.9. The second-order valence-electron chi connectivity index (χ2n) is 6.48. The number of aromatic nitrogens is 4. The molecular formula is C20H22N4O3. The van der Waals surface area contributed by atoms with Crippen LogP contribution in [0.4, 0.5) is 0 Å². The lowest BCUT2D eigenvalue weighted by molar-refractivity contribution is 0.287. The van der Waals surface area contributed by atoms with Gasteiger partial charge in [0.05, 0.1) is 22.1 Å². The SMILES string of the molecule is OCCCc1nc2ccc(Oc3ccc4nc(CCCO)[nH]c4c3)cc2[nH]1. The predicted molar refractivity (Wildman–Crippen MR) is 103 cm³/mol. The Kier molecular flexibility index (Phi) is 5.04. The molecule has 0 radical (unpaired) electrons. The van der Waals surface area contributed by atoms with Crippen LogP contribution in [0.15, 0.2) is 36.4 Å². The molecule has 140 valence electrons. The number of nitrogens with one attached hydrogen (secondary N) is 2. The smallest absolute Gasteiger partial charge is 0.129 e. The Morgan fingerprint density at radius 3 is 1.67 bits per heavy atom. The normalized spacial score (nSPS) is 11.5. The summed E-state index contributed by atoms with van der Waals surface area (Å²) in [4.78, 5) is 15.6. The van der Waals surface area contributed by atoms with Crippen LogP contribution < -0.4 is 4.74 Å². The Labute approximate surface area is 156 Å². The van der Waals surface area contributed by atoms with E-state index in [0.29, 0.717) is 12.8 Å². The number of rotatable bonds is 8. The molecule has 2 aromatic heterocycles. The summed E-state index contributed by atoms with van der Waals surface area (Å²) in [5.74, 6) is 3.18. The number of aliphatic hydroxyl groups excluding tert-OH is 2. The molecule has 0 aliphatic rings. The van der Waals surface area contributed by atoms with Crippen LogP contribution in [0.1, 0.15) is 24.5 Å². The topological polar surface area (TPSA) is 107 Å². The number of aliphatic hydroxyl groups is 2. The molecular weight excluding hydrogens is 344 g/mol. The van der Waals surface area contributed by atoms with Gasteiger partial charge in [0.2, 0.25) is 0 Å². The lowest BCUT2D eigenvalue weighted by Crippen LogP contribution is -1.90. The van der Waals surface area contributed by atoms with E-state index in [4.69, 9.17) is 14.9 Å².